The quantitative estimate of drug-likeness (QED) is 0.439. The fourth-order valence-corrected chi connectivity index (χ4v) is 4.07. The number of hydrogen-bond acceptors (Lipinski definition) is 3. The van der Waals surface area contributed by atoms with E-state index in [1.54, 1.807) is 11.8 Å². The second-order valence-corrected chi connectivity index (χ2v) is 8.20. The molecule has 1 aliphatic heterocycles. The molecule has 0 spiro atoms. The smallest absolute Gasteiger partial charge is 0.223 e. The highest BCUT2D eigenvalue weighted by Gasteiger charge is 2.23. The third kappa shape index (κ3) is 5.68. The van der Waals surface area contributed by atoms with E-state index in [9.17, 15) is 9.59 Å². The van der Waals surface area contributed by atoms with Crippen molar-refractivity contribution in [2.45, 2.75) is 39.0 Å². The lowest BCUT2D eigenvalue weighted by molar-refractivity contribution is -0.116. The predicted molar refractivity (Wildman–Crippen MR) is 119 cm³/mol. The van der Waals surface area contributed by atoms with Crippen LogP contribution in [0.25, 0.3) is 0 Å². The fourth-order valence-electron chi connectivity index (χ4n) is 3.84. The molecule has 0 aliphatic carbocycles. The van der Waals surface area contributed by atoms with Gasteiger partial charge in [-0.15, -0.1) is 0 Å². The lowest BCUT2D eigenvalue weighted by Crippen LogP contribution is -2.25. The number of unbranched alkanes of at least 4 members (excludes halogenated alkanes) is 1. The third-order valence-corrected chi connectivity index (χ3v) is 5.96. The Kier molecular flexibility index (Phi) is 7.45. The van der Waals surface area contributed by atoms with E-state index in [0.717, 1.165) is 60.6 Å². The number of likely N-dealkylation sites (N-methyl/N-ethyl adjacent to an activating group) is 1. The standard InChI is InChI=1S/C24H29ClN2O2/c1-18(28)27-16-13-20-17-21(10-11-23(20)27)24(29)9-5-6-14-26(2)15-12-19-7-3-4-8-22(19)25/h3-4,7-8,10-11,17H,5-6,9,12-16H2,1-2H3. The molecule has 0 N–H and O–H groups in total. The van der Waals surface area contributed by atoms with Gasteiger partial charge in [-0.1, -0.05) is 29.8 Å². The van der Waals surface area contributed by atoms with Crippen LogP contribution in [0.3, 0.4) is 0 Å². The number of amides is 1. The van der Waals surface area contributed by atoms with Crippen LogP contribution in [0.4, 0.5) is 5.69 Å². The van der Waals surface area contributed by atoms with Crippen molar-refractivity contribution >= 4 is 29.0 Å². The summed E-state index contributed by atoms with van der Waals surface area (Å²) in [6.45, 7) is 4.22. The molecule has 0 aromatic heterocycles. The van der Waals surface area contributed by atoms with E-state index in [2.05, 4.69) is 18.0 Å². The van der Waals surface area contributed by atoms with Crippen molar-refractivity contribution in [3.05, 3.63) is 64.2 Å². The molecule has 1 aliphatic rings. The maximum absolute atomic E-state index is 12.5. The van der Waals surface area contributed by atoms with Gasteiger partial charge >= 0.3 is 0 Å². The van der Waals surface area contributed by atoms with Crippen molar-refractivity contribution in [3.63, 3.8) is 0 Å². The second-order valence-electron chi connectivity index (χ2n) is 7.79. The van der Waals surface area contributed by atoms with E-state index in [1.165, 1.54) is 5.56 Å². The molecule has 29 heavy (non-hydrogen) atoms. The summed E-state index contributed by atoms with van der Waals surface area (Å²) in [4.78, 5) is 28.3. The summed E-state index contributed by atoms with van der Waals surface area (Å²) in [6.07, 6.45) is 4.20. The minimum atomic E-state index is 0.0569. The maximum Gasteiger partial charge on any atom is 0.223 e. The highest BCUT2D eigenvalue weighted by molar-refractivity contribution is 6.31. The monoisotopic (exact) mass is 412 g/mol. The van der Waals surface area contributed by atoms with Gasteiger partial charge in [-0.3, -0.25) is 9.59 Å². The minimum absolute atomic E-state index is 0.0569. The van der Waals surface area contributed by atoms with Crippen LogP contribution in [-0.2, 0) is 17.6 Å². The molecule has 4 nitrogen and oxygen atoms in total. The number of carbonyl (C=O) groups is 2. The van der Waals surface area contributed by atoms with Crippen LogP contribution >= 0.6 is 11.6 Å². The van der Waals surface area contributed by atoms with Gasteiger partial charge in [-0.25, -0.2) is 0 Å². The van der Waals surface area contributed by atoms with Gasteiger partial charge in [0.1, 0.15) is 0 Å². The largest absolute Gasteiger partial charge is 0.312 e. The summed E-state index contributed by atoms with van der Waals surface area (Å²) < 4.78 is 0. The first-order chi connectivity index (χ1) is 14.0. The number of hydrogen-bond donors (Lipinski definition) is 0. The van der Waals surface area contributed by atoms with Crippen molar-refractivity contribution in [2.75, 3.05) is 31.6 Å². The Bertz CT molecular complexity index is 881. The topological polar surface area (TPSA) is 40.6 Å². The van der Waals surface area contributed by atoms with Crippen molar-refractivity contribution in [1.82, 2.24) is 4.90 Å². The first-order valence-corrected chi connectivity index (χ1v) is 10.7. The van der Waals surface area contributed by atoms with Crippen LogP contribution in [0.5, 0.6) is 0 Å². The van der Waals surface area contributed by atoms with Crippen LogP contribution in [0.1, 0.15) is 47.7 Å². The summed E-state index contributed by atoms with van der Waals surface area (Å²) in [5.41, 5.74) is 4.00. The normalized spacial score (nSPS) is 13.0. The van der Waals surface area contributed by atoms with Gasteiger partial charge < -0.3 is 9.80 Å². The molecular weight excluding hydrogens is 384 g/mol. The number of nitrogens with zero attached hydrogens (tertiary/aromatic N) is 2. The zero-order valence-electron chi connectivity index (χ0n) is 17.3. The Morgan fingerprint density at radius 1 is 1.10 bits per heavy atom. The molecule has 2 aromatic rings. The van der Waals surface area contributed by atoms with Gasteiger partial charge in [0, 0.05) is 42.7 Å². The highest BCUT2D eigenvalue weighted by atomic mass is 35.5. The lowest BCUT2D eigenvalue weighted by Gasteiger charge is -2.17. The third-order valence-electron chi connectivity index (χ3n) is 5.59. The van der Waals surface area contributed by atoms with E-state index >= 15 is 0 Å². The van der Waals surface area contributed by atoms with Crippen molar-refractivity contribution < 1.29 is 9.59 Å². The van der Waals surface area contributed by atoms with Crippen LogP contribution < -0.4 is 4.90 Å². The number of rotatable bonds is 9. The van der Waals surface area contributed by atoms with E-state index in [1.807, 2.05) is 36.4 Å². The Morgan fingerprint density at radius 2 is 1.90 bits per heavy atom. The Balaban J connectivity index is 1.40. The van der Waals surface area contributed by atoms with Crippen molar-refractivity contribution in [3.8, 4) is 0 Å². The van der Waals surface area contributed by atoms with Crippen molar-refractivity contribution in [1.29, 1.82) is 0 Å². The zero-order chi connectivity index (χ0) is 20.8. The summed E-state index contributed by atoms with van der Waals surface area (Å²) in [5.74, 6) is 0.245. The van der Waals surface area contributed by atoms with E-state index < -0.39 is 0 Å². The molecule has 0 radical (unpaired) electrons. The van der Waals surface area contributed by atoms with Gasteiger partial charge in [0.25, 0.3) is 0 Å². The lowest BCUT2D eigenvalue weighted by atomic mass is 10.0. The first kappa shape index (κ1) is 21.5. The molecule has 1 amide bonds. The summed E-state index contributed by atoms with van der Waals surface area (Å²) in [7, 11) is 2.11. The van der Waals surface area contributed by atoms with Gasteiger partial charge in [-0.2, -0.15) is 0 Å². The molecule has 0 fully saturated rings. The highest BCUT2D eigenvalue weighted by Crippen LogP contribution is 2.29. The van der Waals surface area contributed by atoms with Gasteiger partial charge in [0.2, 0.25) is 5.91 Å². The number of ketones is 1. The van der Waals surface area contributed by atoms with Gasteiger partial charge in [0.05, 0.1) is 0 Å². The molecule has 2 aromatic carbocycles. The Hall–Kier alpha value is -2.17. The van der Waals surface area contributed by atoms with Crippen molar-refractivity contribution in [2.24, 2.45) is 0 Å². The van der Waals surface area contributed by atoms with Crippen LogP contribution in [0.2, 0.25) is 5.02 Å². The zero-order valence-corrected chi connectivity index (χ0v) is 18.0. The molecule has 0 atom stereocenters. The van der Waals surface area contributed by atoms with E-state index in [0.29, 0.717) is 13.0 Å². The SMILES string of the molecule is CC(=O)N1CCc2cc(C(=O)CCCCN(C)CCc3ccccc3Cl)ccc21. The number of halogens is 1. The molecular formula is C24H29ClN2O2. The van der Waals surface area contributed by atoms with Crippen LogP contribution in [-0.4, -0.2) is 43.3 Å². The first-order valence-electron chi connectivity index (χ1n) is 10.3. The van der Waals surface area contributed by atoms with Crippen LogP contribution in [0.15, 0.2) is 42.5 Å². The summed E-state index contributed by atoms with van der Waals surface area (Å²) >= 11 is 6.21. The predicted octanol–water partition coefficient (Wildman–Crippen LogP) is 4.78. The van der Waals surface area contributed by atoms with Crippen LogP contribution in [0, 0.1) is 0 Å². The molecule has 0 unspecified atom stereocenters. The summed E-state index contributed by atoms with van der Waals surface area (Å²) in [6, 6.07) is 13.7. The fraction of sp³-hybridized carbons (Fsp3) is 0.417. The second kappa shape index (κ2) is 10.0. The number of fused-ring (bicyclic) bond motifs is 1. The number of benzene rings is 2. The average Bonchev–Trinajstić information content (AvgIpc) is 3.14. The number of anilines is 1. The van der Waals surface area contributed by atoms with Gasteiger partial charge in [0.15, 0.2) is 5.78 Å². The Labute approximate surface area is 178 Å². The molecule has 154 valence electrons. The number of carbonyl (C=O) groups excluding carboxylic acids is 2. The number of Topliss-reactive ketones (excluding diaryl/α,β-unsaturated/α-hetero) is 1. The van der Waals surface area contributed by atoms with E-state index in [4.69, 9.17) is 11.6 Å². The van der Waals surface area contributed by atoms with Gasteiger partial charge in [-0.05, 0) is 74.7 Å². The Morgan fingerprint density at radius 3 is 2.66 bits per heavy atom. The minimum Gasteiger partial charge on any atom is -0.312 e. The molecule has 5 heteroatoms. The molecule has 0 bridgehead atoms. The summed E-state index contributed by atoms with van der Waals surface area (Å²) in [5, 5.41) is 0.826. The molecule has 0 saturated heterocycles. The maximum atomic E-state index is 12.5. The molecule has 0 saturated carbocycles. The molecule has 3 rings (SSSR count). The average molecular weight is 413 g/mol. The van der Waals surface area contributed by atoms with E-state index in [-0.39, 0.29) is 11.7 Å². The molecule has 1 heterocycles.